The Kier molecular flexibility index (Phi) is 3.90. The lowest BCUT2D eigenvalue weighted by Crippen LogP contribution is -2.35. The zero-order valence-corrected chi connectivity index (χ0v) is 13.6. The first kappa shape index (κ1) is 14.7. The molecule has 0 bridgehead atoms. The molecule has 0 N–H and O–H groups in total. The molecular weight excluding hydrogens is 302 g/mol. The molecule has 0 spiro atoms. The van der Waals surface area contributed by atoms with Crippen molar-refractivity contribution in [2.24, 2.45) is 0 Å². The number of nitrogens with zero attached hydrogens (tertiary/aromatic N) is 7. The van der Waals surface area contributed by atoms with Crippen LogP contribution in [0.15, 0.2) is 43.5 Å². The second kappa shape index (κ2) is 6.35. The van der Waals surface area contributed by atoms with Crippen LogP contribution in [0.2, 0.25) is 0 Å². The van der Waals surface area contributed by atoms with Crippen LogP contribution in [0, 0.1) is 6.92 Å². The van der Waals surface area contributed by atoms with Crippen LogP contribution in [-0.2, 0) is 0 Å². The van der Waals surface area contributed by atoms with Gasteiger partial charge in [-0.05, 0) is 19.8 Å². The van der Waals surface area contributed by atoms with Gasteiger partial charge in [-0.15, -0.1) is 0 Å². The summed E-state index contributed by atoms with van der Waals surface area (Å²) in [5, 5.41) is 0. The van der Waals surface area contributed by atoms with Crippen molar-refractivity contribution in [3.8, 4) is 5.82 Å². The SMILES string of the molecule is Cc1cc(N2CCCC(c3cncc(-n4ccnc4)n3)C2)ncn1. The van der Waals surface area contributed by atoms with Crippen LogP contribution in [0.1, 0.15) is 30.1 Å². The Hall–Kier alpha value is -2.83. The summed E-state index contributed by atoms with van der Waals surface area (Å²) in [4.78, 5) is 24.1. The minimum Gasteiger partial charge on any atom is -0.356 e. The molecule has 0 aliphatic carbocycles. The van der Waals surface area contributed by atoms with E-state index in [-0.39, 0.29) is 0 Å². The lowest BCUT2D eigenvalue weighted by atomic mass is 9.95. The molecule has 1 atom stereocenters. The van der Waals surface area contributed by atoms with Gasteiger partial charge in [-0.2, -0.15) is 0 Å². The number of hydrogen-bond acceptors (Lipinski definition) is 6. The van der Waals surface area contributed by atoms with Crippen LogP contribution < -0.4 is 4.90 Å². The molecular formula is C17H19N7. The third kappa shape index (κ3) is 2.97. The summed E-state index contributed by atoms with van der Waals surface area (Å²) in [6.07, 6.45) is 12.9. The van der Waals surface area contributed by atoms with Crippen molar-refractivity contribution >= 4 is 5.82 Å². The molecule has 0 saturated carbocycles. The van der Waals surface area contributed by atoms with Crippen LogP contribution in [0.5, 0.6) is 0 Å². The van der Waals surface area contributed by atoms with Crippen molar-refractivity contribution in [1.82, 2.24) is 29.5 Å². The Labute approximate surface area is 140 Å². The molecule has 1 aliphatic rings. The normalized spacial score (nSPS) is 17.9. The monoisotopic (exact) mass is 321 g/mol. The molecule has 0 radical (unpaired) electrons. The molecule has 0 amide bonds. The first-order valence-electron chi connectivity index (χ1n) is 8.13. The highest BCUT2D eigenvalue weighted by Crippen LogP contribution is 2.28. The number of imidazole rings is 1. The van der Waals surface area contributed by atoms with Crippen LogP contribution in [0.4, 0.5) is 5.82 Å². The maximum Gasteiger partial charge on any atom is 0.156 e. The maximum atomic E-state index is 4.79. The van der Waals surface area contributed by atoms with E-state index in [1.165, 1.54) is 0 Å². The lowest BCUT2D eigenvalue weighted by molar-refractivity contribution is 0.496. The van der Waals surface area contributed by atoms with Crippen molar-refractivity contribution in [3.63, 3.8) is 0 Å². The third-order valence-electron chi connectivity index (χ3n) is 4.36. The van der Waals surface area contributed by atoms with Gasteiger partial charge in [0.05, 0.1) is 11.9 Å². The van der Waals surface area contributed by atoms with Gasteiger partial charge < -0.3 is 4.90 Å². The minimum absolute atomic E-state index is 0.352. The predicted octanol–water partition coefficient (Wildman–Crippen LogP) is 2.14. The summed E-state index contributed by atoms with van der Waals surface area (Å²) in [5.41, 5.74) is 2.01. The van der Waals surface area contributed by atoms with Gasteiger partial charge in [0, 0.05) is 49.4 Å². The van der Waals surface area contributed by atoms with Crippen molar-refractivity contribution in [3.05, 3.63) is 54.9 Å². The van der Waals surface area contributed by atoms with E-state index >= 15 is 0 Å². The molecule has 1 aliphatic heterocycles. The van der Waals surface area contributed by atoms with Gasteiger partial charge in [0.2, 0.25) is 0 Å². The van der Waals surface area contributed by atoms with Gasteiger partial charge in [-0.1, -0.05) is 0 Å². The molecule has 4 heterocycles. The molecule has 0 aromatic carbocycles. The first-order valence-corrected chi connectivity index (χ1v) is 8.13. The molecule has 1 saturated heterocycles. The van der Waals surface area contributed by atoms with Crippen molar-refractivity contribution < 1.29 is 0 Å². The van der Waals surface area contributed by atoms with E-state index in [0.717, 1.165) is 49.0 Å². The van der Waals surface area contributed by atoms with Crippen LogP contribution in [-0.4, -0.2) is 42.6 Å². The van der Waals surface area contributed by atoms with Gasteiger partial charge in [0.1, 0.15) is 18.5 Å². The highest BCUT2D eigenvalue weighted by molar-refractivity contribution is 5.40. The number of aromatic nitrogens is 6. The zero-order valence-electron chi connectivity index (χ0n) is 13.6. The Morgan fingerprint density at radius 2 is 2.08 bits per heavy atom. The van der Waals surface area contributed by atoms with Gasteiger partial charge in [0.15, 0.2) is 5.82 Å². The van der Waals surface area contributed by atoms with Crippen molar-refractivity contribution in [2.45, 2.75) is 25.7 Å². The fourth-order valence-corrected chi connectivity index (χ4v) is 3.13. The fraction of sp³-hybridized carbons (Fsp3) is 0.353. The van der Waals surface area contributed by atoms with Crippen molar-refractivity contribution in [1.29, 1.82) is 0 Å². The summed E-state index contributed by atoms with van der Waals surface area (Å²) in [5.74, 6) is 2.15. The predicted molar refractivity (Wildman–Crippen MR) is 90.1 cm³/mol. The first-order chi connectivity index (χ1) is 11.8. The third-order valence-corrected chi connectivity index (χ3v) is 4.36. The Morgan fingerprint density at radius 3 is 2.92 bits per heavy atom. The average molecular weight is 321 g/mol. The highest BCUT2D eigenvalue weighted by Gasteiger charge is 2.24. The zero-order chi connectivity index (χ0) is 16.4. The van der Waals surface area contributed by atoms with Crippen LogP contribution >= 0.6 is 0 Å². The maximum absolute atomic E-state index is 4.79. The van der Waals surface area contributed by atoms with E-state index < -0.39 is 0 Å². The summed E-state index contributed by atoms with van der Waals surface area (Å²) in [6.45, 7) is 3.91. The van der Waals surface area contributed by atoms with E-state index in [1.54, 1.807) is 25.0 Å². The second-order valence-electron chi connectivity index (χ2n) is 6.07. The van der Waals surface area contributed by atoms with E-state index in [0.29, 0.717) is 5.92 Å². The van der Waals surface area contributed by atoms with Gasteiger partial charge >= 0.3 is 0 Å². The highest BCUT2D eigenvalue weighted by atomic mass is 15.2. The average Bonchev–Trinajstić information content (AvgIpc) is 3.17. The van der Waals surface area contributed by atoms with Crippen molar-refractivity contribution in [2.75, 3.05) is 18.0 Å². The Bertz CT molecular complexity index is 815. The van der Waals surface area contributed by atoms with Gasteiger partial charge in [0.25, 0.3) is 0 Å². The topological polar surface area (TPSA) is 72.6 Å². The van der Waals surface area contributed by atoms with E-state index in [2.05, 4.69) is 24.8 Å². The summed E-state index contributed by atoms with van der Waals surface area (Å²) in [6, 6.07) is 2.04. The summed E-state index contributed by atoms with van der Waals surface area (Å²) < 4.78 is 1.88. The van der Waals surface area contributed by atoms with Gasteiger partial charge in [-0.25, -0.2) is 19.9 Å². The quantitative estimate of drug-likeness (QED) is 0.736. The number of hydrogen-bond donors (Lipinski definition) is 0. The molecule has 3 aromatic heterocycles. The lowest BCUT2D eigenvalue weighted by Gasteiger charge is -2.33. The Morgan fingerprint density at radius 1 is 1.12 bits per heavy atom. The molecule has 122 valence electrons. The molecule has 1 unspecified atom stereocenters. The van der Waals surface area contributed by atoms with E-state index in [1.807, 2.05) is 30.0 Å². The summed E-state index contributed by atoms with van der Waals surface area (Å²) >= 11 is 0. The van der Waals surface area contributed by atoms with E-state index in [4.69, 9.17) is 4.98 Å². The number of piperidine rings is 1. The smallest absolute Gasteiger partial charge is 0.156 e. The molecule has 7 nitrogen and oxygen atoms in total. The molecule has 24 heavy (non-hydrogen) atoms. The standard InChI is InChI=1S/C17H19N7/c1-13-7-16(21-11-20-13)23-5-2-3-14(10-23)15-8-19-9-17(22-15)24-6-4-18-12-24/h4,6-9,11-12,14H,2-3,5,10H2,1H3. The molecule has 4 rings (SSSR count). The fourth-order valence-electron chi connectivity index (χ4n) is 3.13. The van der Waals surface area contributed by atoms with Crippen LogP contribution in [0.25, 0.3) is 5.82 Å². The Balaban J connectivity index is 1.57. The van der Waals surface area contributed by atoms with Gasteiger partial charge in [-0.3, -0.25) is 9.55 Å². The summed E-state index contributed by atoms with van der Waals surface area (Å²) in [7, 11) is 0. The van der Waals surface area contributed by atoms with E-state index in [9.17, 15) is 0 Å². The molecule has 1 fully saturated rings. The largest absolute Gasteiger partial charge is 0.356 e. The molecule has 3 aromatic rings. The second-order valence-corrected chi connectivity index (χ2v) is 6.07. The number of aryl methyl sites for hydroxylation is 1. The number of anilines is 1. The number of rotatable bonds is 3. The minimum atomic E-state index is 0.352. The van der Waals surface area contributed by atoms with Crippen LogP contribution in [0.3, 0.4) is 0 Å². The molecule has 7 heteroatoms.